The quantitative estimate of drug-likeness (QED) is 0.572. The second kappa shape index (κ2) is 11.2. The number of hydrogen-bond acceptors (Lipinski definition) is 5. The molecule has 9 heteroatoms. The third-order valence-corrected chi connectivity index (χ3v) is 3.85. The molecule has 26 heavy (non-hydrogen) atoms. The molecular weight excluding hydrogens is 360 g/mol. The van der Waals surface area contributed by atoms with Crippen molar-refractivity contribution in [1.29, 1.82) is 0 Å². The van der Waals surface area contributed by atoms with E-state index in [9.17, 15) is 14.4 Å². The van der Waals surface area contributed by atoms with Crippen molar-refractivity contribution in [2.75, 3.05) is 26.2 Å². The van der Waals surface area contributed by atoms with Gasteiger partial charge in [0.2, 0.25) is 11.8 Å². The molecule has 0 saturated carbocycles. The minimum absolute atomic E-state index is 0. The van der Waals surface area contributed by atoms with Crippen LogP contribution in [0.25, 0.3) is 0 Å². The van der Waals surface area contributed by atoms with Crippen molar-refractivity contribution in [2.45, 2.75) is 65.1 Å². The number of nitrogens with one attached hydrogen (secondary N) is 3. The Balaban J connectivity index is 0.000000532. The molecule has 0 bridgehead atoms. The van der Waals surface area contributed by atoms with Gasteiger partial charge in [-0.05, 0) is 54.0 Å². The fraction of sp³-hybridized carbons (Fsp3) is 0.824. The third-order valence-electron chi connectivity index (χ3n) is 3.85. The van der Waals surface area contributed by atoms with Crippen molar-refractivity contribution in [2.24, 2.45) is 0 Å². The van der Waals surface area contributed by atoms with Gasteiger partial charge in [0.05, 0.1) is 6.04 Å². The average molecular weight is 393 g/mol. The van der Waals surface area contributed by atoms with E-state index >= 15 is 0 Å². The summed E-state index contributed by atoms with van der Waals surface area (Å²) in [6.07, 6.45) is 1.38. The fourth-order valence-corrected chi connectivity index (χ4v) is 2.38. The second-order valence-corrected chi connectivity index (χ2v) is 7.31. The number of carbonyl (C=O) groups excluding carboxylic acids is 3. The van der Waals surface area contributed by atoms with E-state index in [2.05, 4.69) is 16.0 Å². The van der Waals surface area contributed by atoms with Crippen LogP contribution in [0.4, 0.5) is 4.79 Å². The van der Waals surface area contributed by atoms with Gasteiger partial charge in [0.25, 0.3) is 0 Å². The number of hydrogen-bond donors (Lipinski definition) is 3. The Hall–Kier alpha value is -1.54. The lowest BCUT2D eigenvalue weighted by Crippen LogP contribution is -2.47. The zero-order valence-electron chi connectivity index (χ0n) is 16.4. The first-order chi connectivity index (χ1) is 11.6. The van der Waals surface area contributed by atoms with E-state index in [-0.39, 0.29) is 30.3 Å². The summed E-state index contributed by atoms with van der Waals surface area (Å²) in [5.74, 6) is -0.00383. The standard InChI is InChI=1S/C11H20N2O3.C6H12N2O.ClH/c1-8-9(14)12-6-5-7-13(8)10(15)16-11(2,3)4;1-5-6(9)8-4-2-3-7-5;/h8H,5-7H2,1-4H3,(H,12,14);5,7H,2-4H2,1H3,(H,8,9);1H/t8-;5-;/m11./s1. The summed E-state index contributed by atoms with van der Waals surface area (Å²) in [6, 6.07) is -0.468. The monoisotopic (exact) mass is 392 g/mol. The molecule has 2 fully saturated rings. The Morgan fingerprint density at radius 1 is 1.04 bits per heavy atom. The molecule has 3 N–H and O–H groups in total. The maximum Gasteiger partial charge on any atom is 0.410 e. The molecule has 0 aliphatic carbocycles. The molecule has 2 heterocycles. The van der Waals surface area contributed by atoms with Crippen molar-refractivity contribution in [1.82, 2.24) is 20.9 Å². The summed E-state index contributed by atoms with van der Waals surface area (Å²) < 4.78 is 5.26. The summed E-state index contributed by atoms with van der Waals surface area (Å²) in [5.41, 5.74) is -0.528. The highest BCUT2D eigenvalue weighted by atomic mass is 35.5. The van der Waals surface area contributed by atoms with Crippen LogP contribution < -0.4 is 16.0 Å². The molecule has 2 saturated heterocycles. The number of nitrogens with zero attached hydrogens (tertiary/aromatic N) is 1. The number of carbonyl (C=O) groups is 3. The molecule has 8 nitrogen and oxygen atoms in total. The van der Waals surface area contributed by atoms with E-state index in [0.29, 0.717) is 13.1 Å². The molecule has 2 atom stereocenters. The molecule has 0 aromatic rings. The van der Waals surface area contributed by atoms with E-state index in [1.807, 2.05) is 27.7 Å². The van der Waals surface area contributed by atoms with E-state index in [0.717, 1.165) is 25.9 Å². The minimum Gasteiger partial charge on any atom is -0.444 e. The lowest BCUT2D eigenvalue weighted by Gasteiger charge is -2.29. The lowest BCUT2D eigenvalue weighted by atomic mass is 10.2. The molecule has 0 aromatic heterocycles. The van der Waals surface area contributed by atoms with Gasteiger partial charge < -0.3 is 20.7 Å². The van der Waals surface area contributed by atoms with Crippen LogP contribution in [0.5, 0.6) is 0 Å². The van der Waals surface area contributed by atoms with Crippen molar-refractivity contribution in [3.8, 4) is 0 Å². The normalized spacial score (nSPS) is 23.8. The van der Waals surface area contributed by atoms with Gasteiger partial charge in [0, 0.05) is 19.6 Å². The highest BCUT2D eigenvalue weighted by Gasteiger charge is 2.30. The van der Waals surface area contributed by atoms with Gasteiger partial charge in [0.1, 0.15) is 11.6 Å². The van der Waals surface area contributed by atoms with Crippen LogP contribution in [0.2, 0.25) is 0 Å². The number of halogens is 1. The van der Waals surface area contributed by atoms with Crippen LogP contribution in [0.3, 0.4) is 0 Å². The lowest BCUT2D eigenvalue weighted by molar-refractivity contribution is -0.125. The van der Waals surface area contributed by atoms with Crippen LogP contribution in [0.1, 0.15) is 47.5 Å². The SMILES string of the molecule is C[C@@H]1C(=O)NCCCN1C(=O)OC(C)(C)C.C[C@H]1NCCCNC1=O.Cl. The van der Waals surface area contributed by atoms with Crippen LogP contribution in [0, 0.1) is 0 Å². The molecule has 0 aromatic carbocycles. The maximum absolute atomic E-state index is 11.8. The van der Waals surface area contributed by atoms with E-state index in [1.165, 1.54) is 4.90 Å². The molecule has 3 amide bonds. The Bertz CT molecular complexity index is 482. The predicted molar refractivity (Wildman–Crippen MR) is 102 cm³/mol. The Morgan fingerprint density at radius 3 is 2.23 bits per heavy atom. The molecule has 0 unspecified atom stereocenters. The average Bonchev–Trinajstić information content (AvgIpc) is 2.79. The molecule has 0 radical (unpaired) electrons. The van der Waals surface area contributed by atoms with Crippen molar-refractivity contribution in [3.05, 3.63) is 0 Å². The van der Waals surface area contributed by atoms with Gasteiger partial charge in [-0.3, -0.25) is 14.5 Å². The summed E-state index contributed by atoms with van der Waals surface area (Å²) in [7, 11) is 0. The van der Waals surface area contributed by atoms with E-state index < -0.39 is 17.7 Å². The van der Waals surface area contributed by atoms with Crippen molar-refractivity contribution < 1.29 is 19.1 Å². The topological polar surface area (TPSA) is 99.8 Å². The molecule has 0 spiro atoms. The molecule has 2 aliphatic rings. The van der Waals surface area contributed by atoms with Crippen LogP contribution in [-0.4, -0.2) is 66.7 Å². The minimum atomic E-state index is -0.528. The molecule has 2 aliphatic heterocycles. The molecule has 2 rings (SSSR count). The largest absolute Gasteiger partial charge is 0.444 e. The Labute approximate surface area is 162 Å². The predicted octanol–water partition coefficient (Wildman–Crippen LogP) is 1.04. The number of amides is 3. The highest BCUT2D eigenvalue weighted by Crippen LogP contribution is 2.13. The molecular formula is C17H33ClN4O4. The van der Waals surface area contributed by atoms with Gasteiger partial charge >= 0.3 is 6.09 Å². The number of ether oxygens (including phenoxy) is 1. The third kappa shape index (κ3) is 8.71. The zero-order chi connectivity index (χ0) is 19.0. The highest BCUT2D eigenvalue weighted by molar-refractivity contribution is 5.86. The van der Waals surface area contributed by atoms with Crippen molar-refractivity contribution >= 4 is 30.3 Å². The van der Waals surface area contributed by atoms with Crippen LogP contribution in [0.15, 0.2) is 0 Å². The van der Waals surface area contributed by atoms with E-state index in [1.54, 1.807) is 6.92 Å². The van der Waals surface area contributed by atoms with Crippen LogP contribution in [-0.2, 0) is 14.3 Å². The smallest absolute Gasteiger partial charge is 0.410 e. The fourth-order valence-electron chi connectivity index (χ4n) is 2.38. The van der Waals surface area contributed by atoms with Gasteiger partial charge in [-0.15, -0.1) is 12.4 Å². The molecule has 152 valence electrons. The Kier molecular flexibility index (Phi) is 10.6. The Morgan fingerprint density at radius 2 is 1.62 bits per heavy atom. The number of rotatable bonds is 0. The summed E-state index contributed by atoms with van der Waals surface area (Å²) in [5, 5.41) is 8.63. The van der Waals surface area contributed by atoms with Gasteiger partial charge in [-0.25, -0.2) is 4.79 Å². The second-order valence-electron chi connectivity index (χ2n) is 7.31. The van der Waals surface area contributed by atoms with E-state index in [4.69, 9.17) is 4.74 Å². The van der Waals surface area contributed by atoms with Crippen LogP contribution >= 0.6 is 12.4 Å². The first-order valence-corrected chi connectivity index (χ1v) is 8.90. The van der Waals surface area contributed by atoms with Gasteiger partial charge in [-0.2, -0.15) is 0 Å². The first-order valence-electron chi connectivity index (χ1n) is 8.90. The summed E-state index contributed by atoms with van der Waals surface area (Å²) in [6.45, 7) is 12.0. The first kappa shape index (κ1) is 24.5. The van der Waals surface area contributed by atoms with Gasteiger partial charge in [-0.1, -0.05) is 0 Å². The zero-order valence-corrected chi connectivity index (χ0v) is 17.2. The summed E-state index contributed by atoms with van der Waals surface area (Å²) in [4.78, 5) is 35.7. The summed E-state index contributed by atoms with van der Waals surface area (Å²) >= 11 is 0. The van der Waals surface area contributed by atoms with Crippen molar-refractivity contribution in [3.63, 3.8) is 0 Å². The van der Waals surface area contributed by atoms with Gasteiger partial charge in [0.15, 0.2) is 0 Å². The maximum atomic E-state index is 11.8.